The number of nitrogens with one attached hydrogen (secondary N) is 2. The van der Waals surface area contributed by atoms with E-state index < -0.39 is 20.0 Å². The van der Waals surface area contributed by atoms with Crippen molar-refractivity contribution in [2.75, 3.05) is 4.72 Å². The Hall–Kier alpha value is -2.49. The highest BCUT2D eigenvalue weighted by molar-refractivity contribution is 7.93. The smallest absolute Gasteiger partial charge is 0.264 e. The average Bonchev–Trinajstić information content (AvgIpc) is 2.77. The Morgan fingerprint density at radius 1 is 0.765 bits per heavy atom. The highest BCUT2D eigenvalue weighted by Gasteiger charge is 2.52. The number of fused-ring (bicyclic) bond motifs is 1. The van der Waals surface area contributed by atoms with Crippen LogP contribution in [0.4, 0.5) is 5.69 Å². The normalized spacial score (nSPS) is 28.3. The van der Waals surface area contributed by atoms with Gasteiger partial charge in [0.1, 0.15) is 4.90 Å². The maximum atomic E-state index is 13.2. The van der Waals surface area contributed by atoms with Crippen molar-refractivity contribution in [1.82, 2.24) is 9.71 Å². The van der Waals surface area contributed by atoms with E-state index in [0.717, 1.165) is 24.6 Å². The number of hydrogen-bond acceptors (Lipinski definition) is 5. The molecule has 0 atom stereocenters. The Labute approximate surface area is 200 Å². The molecule has 0 radical (unpaired) electrons. The van der Waals surface area contributed by atoms with Gasteiger partial charge in [-0.15, -0.1) is 0 Å². The molecule has 0 amide bonds. The van der Waals surface area contributed by atoms with Gasteiger partial charge < -0.3 is 0 Å². The van der Waals surface area contributed by atoms with Crippen molar-refractivity contribution < 1.29 is 16.8 Å². The van der Waals surface area contributed by atoms with Crippen LogP contribution in [-0.2, 0) is 20.0 Å². The lowest BCUT2D eigenvalue weighted by molar-refractivity contribution is -0.00810. The van der Waals surface area contributed by atoms with Gasteiger partial charge in [0.25, 0.3) is 10.0 Å². The second-order valence-corrected chi connectivity index (χ2v) is 13.6. The van der Waals surface area contributed by atoms with E-state index in [1.807, 2.05) is 0 Å². The Morgan fingerprint density at radius 3 is 2.03 bits per heavy atom. The molecule has 4 aliphatic rings. The molecule has 9 heteroatoms. The molecule has 0 spiro atoms. The molecule has 4 aliphatic carbocycles. The molecule has 2 aromatic carbocycles. The van der Waals surface area contributed by atoms with Crippen LogP contribution < -0.4 is 9.44 Å². The number of pyridine rings is 1. The molecule has 2 N–H and O–H groups in total. The summed E-state index contributed by atoms with van der Waals surface area (Å²) in [6, 6.07) is 14.4. The van der Waals surface area contributed by atoms with Gasteiger partial charge in [0.05, 0.1) is 10.4 Å². The maximum Gasteiger partial charge on any atom is 0.264 e. The zero-order valence-corrected chi connectivity index (χ0v) is 20.3. The number of para-hydroxylation sites is 1. The molecule has 4 fully saturated rings. The summed E-state index contributed by atoms with van der Waals surface area (Å²) >= 11 is 0. The van der Waals surface area contributed by atoms with E-state index in [-0.39, 0.29) is 15.3 Å². The van der Waals surface area contributed by atoms with Gasteiger partial charge in [-0.1, -0.05) is 18.2 Å². The molecule has 34 heavy (non-hydrogen) atoms. The summed E-state index contributed by atoms with van der Waals surface area (Å²) < 4.78 is 58.1. The molecule has 1 heterocycles. The van der Waals surface area contributed by atoms with Crippen molar-refractivity contribution >= 4 is 36.6 Å². The number of aromatic nitrogens is 1. The van der Waals surface area contributed by atoms with Crippen LogP contribution in [0.25, 0.3) is 10.9 Å². The van der Waals surface area contributed by atoms with E-state index in [0.29, 0.717) is 29.0 Å². The number of sulfonamides is 2. The SMILES string of the molecule is O=S(=O)(NC12CC3CC(CC(C3)C1)C2)c1ccc(NS(=O)(=O)c2cccc3cccnc23)cc1. The summed E-state index contributed by atoms with van der Waals surface area (Å²) in [5.41, 5.74) is 0.355. The van der Waals surface area contributed by atoms with Crippen LogP contribution in [-0.4, -0.2) is 27.4 Å². The predicted octanol–water partition coefficient (Wildman–Crippen LogP) is 4.28. The highest BCUT2D eigenvalue weighted by Crippen LogP contribution is 2.56. The molecule has 0 saturated heterocycles. The van der Waals surface area contributed by atoms with Crippen molar-refractivity contribution in [2.24, 2.45) is 17.8 Å². The van der Waals surface area contributed by atoms with E-state index in [4.69, 9.17) is 0 Å². The molecule has 1 aromatic heterocycles. The summed E-state index contributed by atoms with van der Waals surface area (Å²) in [4.78, 5) is 4.44. The quantitative estimate of drug-likeness (QED) is 0.529. The average molecular weight is 498 g/mol. The summed E-state index contributed by atoms with van der Waals surface area (Å²) in [6.45, 7) is 0. The second-order valence-electron chi connectivity index (χ2n) is 10.3. The first kappa shape index (κ1) is 22.0. The van der Waals surface area contributed by atoms with E-state index in [1.54, 1.807) is 30.5 Å². The van der Waals surface area contributed by atoms with Crippen LogP contribution in [0, 0.1) is 17.8 Å². The Balaban J connectivity index is 1.22. The third kappa shape index (κ3) is 3.89. The maximum absolute atomic E-state index is 13.2. The predicted molar refractivity (Wildman–Crippen MR) is 130 cm³/mol. The lowest BCUT2D eigenvalue weighted by Gasteiger charge is -2.56. The first-order valence-corrected chi connectivity index (χ1v) is 14.7. The molecule has 0 aliphatic heterocycles. The van der Waals surface area contributed by atoms with Crippen molar-refractivity contribution in [3.8, 4) is 0 Å². The van der Waals surface area contributed by atoms with Gasteiger partial charge in [0.2, 0.25) is 10.0 Å². The molecule has 7 rings (SSSR count). The zero-order valence-electron chi connectivity index (χ0n) is 18.6. The largest absolute Gasteiger partial charge is 0.280 e. The summed E-state index contributed by atoms with van der Waals surface area (Å²) in [5, 5.41) is 0.725. The number of rotatable bonds is 6. The third-order valence-corrected chi connectivity index (χ3v) is 10.7. The molecule has 7 nitrogen and oxygen atoms in total. The van der Waals surface area contributed by atoms with Crippen molar-refractivity contribution in [3.63, 3.8) is 0 Å². The highest BCUT2D eigenvalue weighted by atomic mass is 32.2. The van der Waals surface area contributed by atoms with E-state index in [9.17, 15) is 16.8 Å². The van der Waals surface area contributed by atoms with E-state index >= 15 is 0 Å². The minimum atomic E-state index is -3.90. The van der Waals surface area contributed by atoms with Crippen LogP contribution in [0.5, 0.6) is 0 Å². The lowest BCUT2D eigenvalue weighted by Crippen LogP contribution is -2.59. The van der Waals surface area contributed by atoms with Gasteiger partial charge in [-0.3, -0.25) is 9.71 Å². The van der Waals surface area contributed by atoms with Crippen LogP contribution in [0.1, 0.15) is 38.5 Å². The van der Waals surface area contributed by atoms with Crippen LogP contribution >= 0.6 is 0 Å². The topological polar surface area (TPSA) is 105 Å². The number of benzene rings is 2. The lowest BCUT2D eigenvalue weighted by atomic mass is 9.53. The summed E-state index contributed by atoms with van der Waals surface area (Å²) in [6.07, 6.45) is 8.05. The van der Waals surface area contributed by atoms with Gasteiger partial charge in [-0.2, -0.15) is 0 Å². The Bertz CT molecular complexity index is 1430. The van der Waals surface area contributed by atoms with E-state index in [1.165, 1.54) is 49.6 Å². The van der Waals surface area contributed by atoms with Crippen LogP contribution in [0.2, 0.25) is 0 Å². The molecule has 178 valence electrons. The van der Waals surface area contributed by atoms with Crippen molar-refractivity contribution in [3.05, 3.63) is 60.8 Å². The Morgan fingerprint density at radius 2 is 1.38 bits per heavy atom. The third-order valence-electron chi connectivity index (χ3n) is 7.69. The van der Waals surface area contributed by atoms with Crippen LogP contribution in [0.3, 0.4) is 0 Å². The second kappa shape index (κ2) is 7.76. The summed E-state index contributed by atoms with van der Waals surface area (Å²) in [7, 11) is -7.60. The van der Waals surface area contributed by atoms with Gasteiger partial charge in [-0.25, -0.2) is 21.6 Å². The molecule has 4 saturated carbocycles. The van der Waals surface area contributed by atoms with Crippen LogP contribution in [0.15, 0.2) is 70.6 Å². The van der Waals surface area contributed by atoms with Gasteiger partial charge >= 0.3 is 0 Å². The summed E-state index contributed by atoms with van der Waals surface area (Å²) in [5.74, 6) is 1.90. The number of hydrogen-bond donors (Lipinski definition) is 2. The fourth-order valence-corrected chi connectivity index (χ4v) is 9.46. The number of anilines is 1. The minimum Gasteiger partial charge on any atom is -0.280 e. The van der Waals surface area contributed by atoms with Crippen molar-refractivity contribution in [2.45, 2.75) is 53.9 Å². The molecular formula is C25H27N3O4S2. The van der Waals surface area contributed by atoms with Crippen molar-refractivity contribution in [1.29, 1.82) is 0 Å². The first-order valence-electron chi connectivity index (χ1n) is 11.7. The molecule has 0 unspecified atom stereocenters. The monoisotopic (exact) mass is 497 g/mol. The van der Waals surface area contributed by atoms with Gasteiger partial charge in [-0.05, 0) is 92.7 Å². The molecule has 4 bridgehead atoms. The molecule has 3 aromatic rings. The standard InChI is InChI=1S/C25H27N3O4S2/c29-33(30,28-25-14-17-11-18(15-25)13-19(12-17)16-25)22-8-6-21(7-9-22)27-34(31,32)23-5-1-3-20-4-2-10-26-24(20)23/h1-10,17-19,27-28H,11-16H2. The fourth-order valence-electron chi connectivity index (χ4n) is 6.78. The van der Waals surface area contributed by atoms with E-state index in [2.05, 4.69) is 14.4 Å². The fraction of sp³-hybridized carbons (Fsp3) is 0.400. The van der Waals surface area contributed by atoms with Gasteiger partial charge in [0, 0.05) is 22.8 Å². The zero-order chi connectivity index (χ0) is 23.6. The number of nitrogens with zero attached hydrogens (tertiary/aromatic N) is 1. The Kier molecular flexibility index (Phi) is 5.02. The molecular weight excluding hydrogens is 470 g/mol. The first-order chi connectivity index (χ1) is 16.2. The van der Waals surface area contributed by atoms with Gasteiger partial charge in [0.15, 0.2) is 0 Å². The minimum absolute atomic E-state index is 0.0748.